The molecule has 0 amide bonds. The van der Waals surface area contributed by atoms with Crippen molar-refractivity contribution in [1.29, 1.82) is 0 Å². The van der Waals surface area contributed by atoms with Gasteiger partial charge in [-0.3, -0.25) is 4.90 Å². The molecule has 4 nitrogen and oxygen atoms in total. The van der Waals surface area contributed by atoms with E-state index in [0.717, 1.165) is 25.9 Å². The number of aliphatic hydroxyl groups excluding tert-OH is 1. The number of nitrogens with zero attached hydrogens (tertiary/aromatic N) is 1. The fourth-order valence-corrected chi connectivity index (χ4v) is 4.24. The van der Waals surface area contributed by atoms with Gasteiger partial charge in [0.05, 0.1) is 23.7 Å². The van der Waals surface area contributed by atoms with E-state index in [2.05, 4.69) is 4.90 Å². The number of likely N-dealkylation sites (tertiary alicyclic amines) is 1. The summed E-state index contributed by atoms with van der Waals surface area (Å²) >= 11 is 0. The van der Waals surface area contributed by atoms with E-state index in [4.69, 9.17) is 0 Å². The molecule has 2 rings (SSSR count). The lowest BCUT2D eigenvalue weighted by Crippen LogP contribution is -2.45. The first-order valence-electron chi connectivity index (χ1n) is 5.21. The molecule has 2 unspecified atom stereocenters. The molecule has 2 heterocycles. The molecule has 2 saturated heterocycles. The molecule has 0 spiro atoms. The van der Waals surface area contributed by atoms with Gasteiger partial charge in [0.15, 0.2) is 9.84 Å². The molecule has 2 atom stereocenters. The predicted molar refractivity (Wildman–Crippen MR) is 53.9 cm³/mol. The first kappa shape index (κ1) is 10.4. The summed E-state index contributed by atoms with van der Waals surface area (Å²) in [6.45, 7) is 1.88. The molecule has 0 aromatic heterocycles. The lowest BCUT2D eigenvalue weighted by Gasteiger charge is -2.33. The SMILES string of the molecule is O=S1(=O)CC(O)C(N2CCCCC2)C1. The van der Waals surface area contributed by atoms with Crippen molar-refractivity contribution in [2.75, 3.05) is 24.6 Å². The number of hydrogen-bond acceptors (Lipinski definition) is 4. The fourth-order valence-electron chi connectivity index (χ4n) is 2.41. The van der Waals surface area contributed by atoms with Crippen molar-refractivity contribution in [3.8, 4) is 0 Å². The van der Waals surface area contributed by atoms with Crippen molar-refractivity contribution in [3.63, 3.8) is 0 Å². The highest BCUT2D eigenvalue weighted by Gasteiger charge is 2.39. The summed E-state index contributed by atoms with van der Waals surface area (Å²) in [5, 5.41) is 9.66. The van der Waals surface area contributed by atoms with Gasteiger partial charge in [0.1, 0.15) is 0 Å². The minimum atomic E-state index is -2.99. The summed E-state index contributed by atoms with van der Waals surface area (Å²) in [6, 6.07) is -0.139. The second kappa shape index (κ2) is 3.79. The van der Waals surface area contributed by atoms with Gasteiger partial charge in [-0.1, -0.05) is 6.42 Å². The van der Waals surface area contributed by atoms with E-state index in [1.165, 1.54) is 6.42 Å². The minimum absolute atomic E-state index is 0.0475. The van der Waals surface area contributed by atoms with Crippen molar-refractivity contribution in [2.45, 2.75) is 31.4 Å². The van der Waals surface area contributed by atoms with E-state index in [0.29, 0.717) is 0 Å². The normalized spacial score (nSPS) is 38.6. The topological polar surface area (TPSA) is 57.6 Å². The molecule has 14 heavy (non-hydrogen) atoms. The van der Waals surface area contributed by atoms with Gasteiger partial charge < -0.3 is 5.11 Å². The number of piperidine rings is 1. The first-order chi connectivity index (χ1) is 6.58. The fraction of sp³-hybridized carbons (Fsp3) is 1.00. The highest BCUT2D eigenvalue weighted by atomic mass is 32.2. The molecule has 2 aliphatic heterocycles. The molecule has 0 aromatic rings. The van der Waals surface area contributed by atoms with Crippen molar-refractivity contribution < 1.29 is 13.5 Å². The van der Waals surface area contributed by atoms with E-state index in [9.17, 15) is 13.5 Å². The van der Waals surface area contributed by atoms with E-state index >= 15 is 0 Å². The second-order valence-corrected chi connectivity index (χ2v) is 6.46. The molecule has 82 valence electrons. The van der Waals surface area contributed by atoms with Crippen LogP contribution in [0.15, 0.2) is 0 Å². The standard InChI is InChI=1S/C9H17NO3S/c11-9-7-14(12,13)6-8(9)10-4-2-1-3-5-10/h8-9,11H,1-7H2. The lowest BCUT2D eigenvalue weighted by atomic mass is 10.1. The van der Waals surface area contributed by atoms with Gasteiger partial charge >= 0.3 is 0 Å². The summed E-state index contributed by atoms with van der Waals surface area (Å²) in [5.74, 6) is 0.0995. The third-order valence-corrected chi connectivity index (χ3v) is 4.85. The maximum Gasteiger partial charge on any atom is 0.154 e. The van der Waals surface area contributed by atoms with Crippen LogP contribution in [0, 0.1) is 0 Å². The Kier molecular flexibility index (Phi) is 2.81. The van der Waals surface area contributed by atoms with E-state index in [1.807, 2.05) is 0 Å². The molecule has 1 N–H and O–H groups in total. The zero-order valence-electron chi connectivity index (χ0n) is 8.22. The maximum atomic E-state index is 11.3. The Bertz CT molecular complexity index is 295. The molecule has 0 radical (unpaired) electrons. The Morgan fingerprint density at radius 2 is 1.71 bits per heavy atom. The summed E-state index contributed by atoms with van der Waals surface area (Å²) in [7, 11) is -2.99. The molecule has 2 aliphatic rings. The van der Waals surface area contributed by atoms with Gasteiger partial charge in [-0.25, -0.2) is 8.42 Å². The van der Waals surface area contributed by atoms with Gasteiger partial charge in [0.25, 0.3) is 0 Å². The average Bonchev–Trinajstić information content (AvgIpc) is 2.41. The van der Waals surface area contributed by atoms with Crippen LogP contribution in [0.3, 0.4) is 0 Å². The Morgan fingerprint density at radius 1 is 1.07 bits per heavy atom. The molecular formula is C9H17NO3S. The van der Waals surface area contributed by atoms with E-state index in [-0.39, 0.29) is 17.5 Å². The highest BCUT2D eigenvalue weighted by molar-refractivity contribution is 7.91. The monoisotopic (exact) mass is 219 g/mol. The van der Waals surface area contributed by atoms with Crippen LogP contribution in [-0.2, 0) is 9.84 Å². The summed E-state index contributed by atoms with van der Waals surface area (Å²) < 4.78 is 22.6. The van der Waals surface area contributed by atoms with Gasteiger partial charge in [0.2, 0.25) is 0 Å². The summed E-state index contributed by atoms with van der Waals surface area (Å²) in [4.78, 5) is 2.14. The van der Waals surface area contributed by atoms with E-state index < -0.39 is 15.9 Å². The van der Waals surface area contributed by atoms with Crippen LogP contribution in [0.25, 0.3) is 0 Å². The van der Waals surface area contributed by atoms with Crippen molar-refractivity contribution in [2.24, 2.45) is 0 Å². The van der Waals surface area contributed by atoms with Crippen LogP contribution < -0.4 is 0 Å². The quantitative estimate of drug-likeness (QED) is 0.654. The van der Waals surface area contributed by atoms with Crippen LogP contribution >= 0.6 is 0 Å². The number of hydrogen-bond donors (Lipinski definition) is 1. The first-order valence-corrected chi connectivity index (χ1v) is 7.03. The largest absolute Gasteiger partial charge is 0.390 e. The Labute approximate surface area is 84.8 Å². The molecule has 2 fully saturated rings. The van der Waals surface area contributed by atoms with Crippen molar-refractivity contribution >= 4 is 9.84 Å². The number of sulfone groups is 1. The van der Waals surface area contributed by atoms with Gasteiger partial charge in [-0.2, -0.15) is 0 Å². The van der Waals surface area contributed by atoms with Crippen molar-refractivity contribution in [3.05, 3.63) is 0 Å². The molecule has 0 aromatic carbocycles. The zero-order valence-corrected chi connectivity index (χ0v) is 9.04. The molecule has 0 bridgehead atoms. The molecular weight excluding hydrogens is 202 g/mol. The summed E-state index contributed by atoms with van der Waals surface area (Å²) in [6.07, 6.45) is 2.82. The summed E-state index contributed by atoms with van der Waals surface area (Å²) in [5.41, 5.74) is 0. The van der Waals surface area contributed by atoms with E-state index in [1.54, 1.807) is 0 Å². The third-order valence-electron chi connectivity index (χ3n) is 3.15. The number of aliphatic hydroxyl groups is 1. The number of rotatable bonds is 1. The molecule has 5 heteroatoms. The molecule has 0 saturated carbocycles. The zero-order chi connectivity index (χ0) is 10.2. The smallest absolute Gasteiger partial charge is 0.154 e. The van der Waals surface area contributed by atoms with Crippen LogP contribution in [0.1, 0.15) is 19.3 Å². The third kappa shape index (κ3) is 2.10. The van der Waals surface area contributed by atoms with Crippen molar-refractivity contribution in [1.82, 2.24) is 4.90 Å². The lowest BCUT2D eigenvalue weighted by molar-refractivity contribution is 0.0706. The Hall–Kier alpha value is -0.130. The Balaban J connectivity index is 2.04. The van der Waals surface area contributed by atoms with Crippen LogP contribution in [0.5, 0.6) is 0 Å². The highest BCUT2D eigenvalue weighted by Crippen LogP contribution is 2.21. The molecule has 0 aliphatic carbocycles. The Morgan fingerprint density at radius 3 is 2.21 bits per heavy atom. The minimum Gasteiger partial charge on any atom is -0.390 e. The van der Waals surface area contributed by atoms with Crippen LogP contribution in [0.2, 0.25) is 0 Å². The van der Waals surface area contributed by atoms with Crippen LogP contribution in [0.4, 0.5) is 0 Å². The van der Waals surface area contributed by atoms with Gasteiger partial charge in [-0.05, 0) is 25.9 Å². The van der Waals surface area contributed by atoms with Gasteiger partial charge in [-0.15, -0.1) is 0 Å². The second-order valence-electron chi connectivity index (χ2n) is 4.31. The van der Waals surface area contributed by atoms with Crippen LogP contribution in [-0.4, -0.2) is 55.2 Å². The van der Waals surface area contributed by atoms with Gasteiger partial charge in [0, 0.05) is 0 Å². The predicted octanol–water partition coefficient (Wildman–Crippen LogP) is -0.370. The average molecular weight is 219 g/mol. The maximum absolute atomic E-state index is 11.3.